The molecule has 1 amide bonds. The molecule has 0 saturated carbocycles. The fraction of sp³-hybridized carbons (Fsp3) is 0.190. The number of carbonyl (C=O) groups excluding carboxylic acids is 1. The summed E-state index contributed by atoms with van der Waals surface area (Å²) in [6, 6.07) is 17.8. The van der Waals surface area contributed by atoms with Crippen LogP contribution in [-0.2, 0) is 11.2 Å². The van der Waals surface area contributed by atoms with E-state index < -0.39 is 12.1 Å². The quantitative estimate of drug-likeness (QED) is 0.612. The molecular weight excluding hydrogens is 358 g/mol. The van der Waals surface area contributed by atoms with Crippen molar-refractivity contribution < 1.29 is 19.4 Å². The molecule has 2 aromatic carbocycles. The second-order valence-electron chi connectivity index (χ2n) is 6.59. The number of nitrogens with zero attached hydrogens (tertiary/aromatic N) is 1. The van der Waals surface area contributed by atoms with Crippen molar-refractivity contribution in [3.05, 3.63) is 77.1 Å². The number of H-pyrrole nitrogens is 1. The average molecular weight is 377 g/mol. The van der Waals surface area contributed by atoms with E-state index >= 15 is 0 Å². The number of carbonyl (C=O) groups is 2. The van der Waals surface area contributed by atoms with E-state index in [1.54, 1.807) is 0 Å². The molecule has 28 heavy (non-hydrogen) atoms. The first kappa shape index (κ1) is 17.8. The zero-order chi connectivity index (χ0) is 19.5. The molecule has 0 unspecified atom stereocenters. The normalized spacial score (nSPS) is 12.3. The number of rotatable bonds is 6. The number of aromatic amines is 1. The van der Waals surface area contributed by atoms with Crippen molar-refractivity contribution in [3.63, 3.8) is 0 Å². The van der Waals surface area contributed by atoms with Gasteiger partial charge < -0.3 is 15.2 Å². The largest absolute Gasteiger partial charge is 0.476 e. The van der Waals surface area contributed by atoms with Crippen LogP contribution in [0.5, 0.6) is 0 Å². The Bertz CT molecular complexity index is 982. The van der Waals surface area contributed by atoms with Gasteiger partial charge in [0.1, 0.15) is 6.61 Å². The molecule has 0 radical (unpaired) electrons. The summed E-state index contributed by atoms with van der Waals surface area (Å²) >= 11 is 0. The standard InChI is InChI=1S/C21H19N3O4/c25-20(26)19-11-13(23-24-19)9-10-22-21(27)28-12-18-16-7-3-1-5-14(16)15-6-2-4-8-17(15)18/h1-8,11,18H,9-10,12H2,(H,22,27)(H,23,24)(H,25,26). The van der Waals surface area contributed by atoms with Crippen molar-refractivity contribution in [3.8, 4) is 11.1 Å². The van der Waals surface area contributed by atoms with Crippen LogP contribution in [0.2, 0.25) is 0 Å². The van der Waals surface area contributed by atoms with Gasteiger partial charge in [-0.15, -0.1) is 0 Å². The zero-order valence-corrected chi connectivity index (χ0v) is 15.0. The van der Waals surface area contributed by atoms with Crippen molar-refractivity contribution in [1.82, 2.24) is 15.5 Å². The van der Waals surface area contributed by atoms with Gasteiger partial charge in [-0.05, 0) is 28.3 Å². The fourth-order valence-electron chi connectivity index (χ4n) is 3.55. The number of benzene rings is 2. The van der Waals surface area contributed by atoms with E-state index in [1.165, 1.54) is 17.2 Å². The minimum Gasteiger partial charge on any atom is -0.476 e. The first-order chi connectivity index (χ1) is 13.6. The average Bonchev–Trinajstić information content (AvgIpc) is 3.30. The molecule has 1 aliphatic carbocycles. The SMILES string of the molecule is O=C(NCCc1cc(C(=O)O)n[nH]1)OCC1c2ccccc2-c2ccccc21. The molecular formula is C21H19N3O4. The highest BCUT2D eigenvalue weighted by atomic mass is 16.5. The minimum absolute atomic E-state index is 0.0175. The summed E-state index contributed by atoms with van der Waals surface area (Å²) in [6.45, 7) is 0.574. The topological polar surface area (TPSA) is 104 Å². The number of ether oxygens (including phenoxy) is 1. The number of nitrogens with one attached hydrogen (secondary N) is 2. The molecule has 142 valence electrons. The molecule has 0 atom stereocenters. The summed E-state index contributed by atoms with van der Waals surface area (Å²) in [4.78, 5) is 22.9. The van der Waals surface area contributed by atoms with Crippen molar-refractivity contribution in [2.75, 3.05) is 13.2 Å². The number of amides is 1. The number of fused-ring (bicyclic) bond motifs is 3. The number of carboxylic acids is 1. The third-order valence-electron chi connectivity index (χ3n) is 4.86. The summed E-state index contributed by atoms with van der Waals surface area (Å²) in [7, 11) is 0. The van der Waals surface area contributed by atoms with E-state index in [1.807, 2.05) is 24.3 Å². The van der Waals surface area contributed by atoms with Gasteiger partial charge in [0, 0.05) is 24.6 Å². The third-order valence-corrected chi connectivity index (χ3v) is 4.86. The van der Waals surface area contributed by atoms with Crippen LogP contribution in [0, 0.1) is 0 Å². The maximum Gasteiger partial charge on any atom is 0.407 e. The number of hydrogen-bond donors (Lipinski definition) is 3. The van der Waals surface area contributed by atoms with Crippen molar-refractivity contribution >= 4 is 12.1 Å². The smallest absolute Gasteiger partial charge is 0.407 e. The lowest BCUT2D eigenvalue weighted by molar-refractivity contribution is 0.0690. The Morgan fingerprint density at radius 1 is 1.07 bits per heavy atom. The first-order valence-corrected chi connectivity index (χ1v) is 9.00. The maximum atomic E-state index is 12.1. The van der Waals surface area contributed by atoms with Crippen LogP contribution in [-0.4, -0.2) is 40.5 Å². The van der Waals surface area contributed by atoms with Gasteiger partial charge in [-0.1, -0.05) is 48.5 Å². The van der Waals surface area contributed by atoms with E-state index in [0.717, 1.165) is 11.1 Å². The van der Waals surface area contributed by atoms with Gasteiger partial charge in [0.15, 0.2) is 5.69 Å². The summed E-state index contributed by atoms with van der Waals surface area (Å²) < 4.78 is 5.45. The van der Waals surface area contributed by atoms with Gasteiger partial charge in [-0.2, -0.15) is 5.10 Å². The molecule has 3 N–H and O–H groups in total. The van der Waals surface area contributed by atoms with Crippen LogP contribution in [0.3, 0.4) is 0 Å². The van der Waals surface area contributed by atoms with Crippen LogP contribution in [0.15, 0.2) is 54.6 Å². The van der Waals surface area contributed by atoms with Gasteiger partial charge in [-0.25, -0.2) is 9.59 Å². The highest BCUT2D eigenvalue weighted by molar-refractivity contribution is 5.85. The summed E-state index contributed by atoms with van der Waals surface area (Å²) in [5.41, 5.74) is 5.28. The third kappa shape index (κ3) is 3.46. The number of carboxylic acid groups (broad SMARTS) is 1. The lowest BCUT2D eigenvalue weighted by Crippen LogP contribution is -2.28. The van der Waals surface area contributed by atoms with Gasteiger partial charge in [0.05, 0.1) is 0 Å². The number of alkyl carbamates (subject to hydrolysis) is 1. The Labute approximate surface area is 161 Å². The number of aromatic nitrogens is 2. The molecule has 4 rings (SSSR count). The number of aromatic carboxylic acids is 1. The molecule has 1 aliphatic rings. The second kappa shape index (κ2) is 7.56. The van der Waals surface area contributed by atoms with Crippen LogP contribution in [0.4, 0.5) is 4.79 Å². The lowest BCUT2D eigenvalue weighted by Gasteiger charge is -2.14. The van der Waals surface area contributed by atoms with Crippen LogP contribution < -0.4 is 5.32 Å². The summed E-state index contributed by atoms with van der Waals surface area (Å²) in [5, 5.41) is 17.9. The Balaban J connectivity index is 1.33. The van der Waals surface area contributed by atoms with E-state index in [2.05, 4.69) is 39.8 Å². The Hall–Kier alpha value is -3.61. The van der Waals surface area contributed by atoms with Crippen LogP contribution in [0.1, 0.15) is 33.2 Å². The Morgan fingerprint density at radius 2 is 1.71 bits per heavy atom. The number of hydrogen-bond acceptors (Lipinski definition) is 4. The van der Waals surface area contributed by atoms with Gasteiger partial charge >= 0.3 is 12.1 Å². The molecule has 7 heteroatoms. The van der Waals surface area contributed by atoms with E-state index in [9.17, 15) is 9.59 Å². The van der Waals surface area contributed by atoms with Crippen LogP contribution in [0.25, 0.3) is 11.1 Å². The predicted octanol–water partition coefficient (Wildman–Crippen LogP) is 3.19. The predicted molar refractivity (Wildman–Crippen MR) is 102 cm³/mol. The van der Waals surface area contributed by atoms with Gasteiger partial charge in [0.25, 0.3) is 0 Å². The highest BCUT2D eigenvalue weighted by Crippen LogP contribution is 2.44. The minimum atomic E-state index is -1.09. The Kier molecular flexibility index (Phi) is 4.80. The second-order valence-corrected chi connectivity index (χ2v) is 6.59. The molecule has 0 spiro atoms. The molecule has 1 aromatic heterocycles. The zero-order valence-electron chi connectivity index (χ0n) is 15.0. The van der Waals surface area contributed by atoms with E-state index in [4.69, 9.17) is 9.84 Å². The molecule has 1 heterocycles. The summed E-state index contributed by atoms with van der Waals surface area (Å²) in [6.07, 6.45) is -0.0652. The summed E-state index contributed by atoms with van der Waals surface area (Å²) in [5.74, 6) is -1.07. The van der Waals surface area contributed by atoms with Gasteiger partial charge in [-0.3, -0.25) is 5.10 Å². The first-order valence-electron chi connectivity index (χ1n) is 9.00. The highest BCUT2D eigenvalue weighted by Gasteiger charge is 2.28. The Morgan fingerprint density at radius 3 is 2.32 bits per heavy atom. The maximum absolute atomic E-state index is 12.1. The van der Waals surface area contributed by atoms with E-state index in [-0.39, 0.29) is 18.2 Å². The van der Waals surface area contributed by atoms with Gasteiger partial charge in [0.2, 0.25) is 0 Å². The lowest BCUT2D eigenvalue weighted by atomic mass is 9.98. The van der Waals surface area contributed by atoms with E-state index in [0.29, 0.717) is 18.7 Å². The molecule has 7 nitrogen and oxygen atoms in total. The molecule has 0 bridgehead atoms. The molecule has 0 aliphatic heterocycles. The molecule has 0 saturated heterocycles. The van der Waals surface area contributed by atoms with Crippen LogP contribution >= 0.6 is 0 Å². The van der Waals surface area contributed by atoms with Crippen molar-refractivity contribution in [2.45, 2.75) is 12.3 Å². The molecule has 3 aromatic rings. The van der Waals surface area contributed by atoms with Crippen molar-refractivity contribution in [2.24, 2.45) is 0 Å². The fourth-order valence-corrected chi connectivity index (χ4v) is 3.55. The van der Waals surface area contributed by atoms with Crippen molar-refractivity contribution in [1.29, 1.82) is 0 Å². The molecule has 0 fully saturated rings. The monoisotopic (exact) mass is 377 g/mol.